The molecule has 0 aliphatic rings. The Morgan fingerprint density at radius 2 is 2.47 bits per heavy atom. The van der Waals surface area contributed by atoms with E-state index in [1.165, 1.54) is 4.88 Å². The average molecular weight is 218 g/mol. The van der Waals surface area contributed by atoms with Gasteiger partial charge in [0.25, 0.3) is 0 Å². The fourth-order valence-corrected chi connectivity index (χ4v) is 2.01. The monoisotopic (exact) mass is 218 g/mol. The molecule has 2 aromatic heterocycles. The number of nitriles is 1. The molecule has 0 spiro atoms. The fourth-order valence-electron chi connectivity index (χ4n) is 1.23. The van der Waals surface area contributed by atoms with Crippen LogP contribution in [0.1, 0.15) is 16.1 Å². The third kappa shape index (κ3) is 2.65. The van der Waals surface area contributed by atoms with E-state index >= 15 is 0 Å². The zero-order chi connectivity index (χ0) is 10.5. The van der Waals surface area contributed by atoms with Gasteiger partial charge in [-0.15, -0.1) is 11.3 Å². The topological polar surface area (TPSA) is 64.5 Å². The second kappa shape index (κ2) is 4.73. The Morgan fingerprint density at radius 1 is 1.53 bits per heavy atom. The Morgan fingerprint density at radius 3 is 3.13 bits per heavy atom. The molecule has 0 aliphatic heterocycles. The molecule has 0 fully saturated rings. The van der Waals surface area contributed by atoms with Gasteiger partial charge in [0.2, 0.25) is 0 Å². The number of thiophene rings is 1. The second-order valence-electron chi connectivity index (χ2n) is 3.09. The number of nitrogens with one attached hydrogen (secondary N) is 2. The summed E-state index contributed by atoms with van der Waals surface area (Å²) < 4.78 is 0. The Hall–Kier alpha value is -1.64. The Labute approximate surface area is 91.6 Å². The van der Waals surface area contributed by atoms with Gasteiger partial charge in [-0.2, -0.15) is 5.26 Å². The van der Waals surface area contributed by atoms with E-state index in [4.69, 9.17) is 5.26 Å². The lowest BCUT2D eigenvalue weighted by Crippen LogP contribution is -2.11. The van der Waals surface area contributed by atoms with Crippen LogP contribution in [0.4, 0.5) is 0 Å². The highest BCUT2D eigenvalue weighted by Gasteiger charge is 1.99. The number of rotatable bonds is 4. The summed E-state index contributed by atoms with van der Waals surface area (Å²) >= 11 is 1.60. The highest BCUT2D eigenvalue weighted by Crippen LogP contribution is 2.13. The summed E-state index contributed by atoms with van der Waals surface area (Å²) in [4.78, 5) is 8.12. The highest BCUT2D eigenvalue weighted by molar-refractivity contribution is 7.10. The molecule has 2 rings (SSSR count). The third-order valence-corrected chi connectivity index (χ3v) is 2.89. The largest absolute Gasteiger partial charge is 0.347 e. The summed E-state index contributed by atoms with van der Waals surface area (Å²) in [5.41, 5.74) is 1.80. The van der Waals surface area contributed by atoms with Gasteiger partial charge in [-0.3, -0.25) is 0 Å². The molecule has 15 heavy (non-hydrogen) atoms. The molecule has 4 nitrogen and oxygen atoms in total. The van der Waals surface area contributed by atoms with Crippen LogP contribution in [0.3, 0.4) is 0 Å². The first kappa shape index (κ1) is 9.90. The Kier molecular flexibility index (Phi) is 3.12. The second-order valence-corrected chi connectivity index (χ2v) is 4.09. The predicted molar refractivity (Wildman–Crippen MR) is 58.2 cm³/mol. The molecule has 0 amide bonds. The molecule has 0 saturated carbocycles. The van der Waals surface area contributed by atoms with E-state index in [0.29, 0.717) is 0 Å². The molecule has 2 heterocycles. The van der Waals surface area contributed by atoms with Crippen LogP contribution < -0.4 is 5.32 Å². The van der Waals surface area contributed by atoms with Crippen molar-refractivity contribution in [2.45, 2.75) is 13.1 Å². The normalized spacial score (nSPS) is 10.1. The van der Waals surface area contributed by atoms with Crippen molar-refractivity contribution in [1.82, 2.24) is 15.3 Å². The summed E-state index contributed by atoms with van der Waals surface area (Å²) in [6.07, 6.45) is 3.46. The van der Waals surface area contributed by atoms with Crippen LogP contribution in [0, 0.1) is 11.3 Å². The highest BCUT2D eigenvalue weighted by atomic mass is 32.1. The SMILES string of the molecule is N#Cc1csc(CNCc2cnc[nH]2)c1. The molecule has 0 saturated heterocycles. The van der Waals surface area contributed by atoms with Gasteiger partial charge < -0.3 is 10.3 Å². The van der Waals surface area contributed by atoms with Crippen LogP contribution in [0.5, 0.6) is 0 Å². The number of aromatic amines is 1. The van der Waals surface area contributed by atoms with Crippen LogP contribution in [-0.2, 0) is 13.1 Å². The summed E-state index contributed by atoms with van der Waals surface area (Å²) in [5.74, 6) is 0. The van der Waals surface area contributed by atoms with Crippen LogP contribution in [-0.4, -0.2) is 9.97 Å². The molecule has 0 bridgehead atoms. The number of aromatic nitrogens is 2. The van der Waals surface area contributed by atoms with Crippen molar-refractivity contribution in [3.8, 4) is 6.07 Å². The van der Waals surface area contributed by atoms with E-state index in [0.717, 1.165) is 24.3 Å². The molecule has 2 aromatic rings. The molecule has 0 atom stereocenters. The average Bonchev–Trinajstić information content (AvgIpc) is 2.88. The fraction of sp³-hybridized carbons (Fsp3) is 0.200. The molecular weight excluding hydrogens is 208 g/mol. The smallest absolute Gasteiger partial charge is 0.100 e. The van der Waals surface area contributed by atoms with Gasteiger partial charge in [0, 0.05) is 35.2 Å². The Balaban J connectivity index is 1.81. The van der Waals surface area contributed by atoms with Crippen molar-refractivity contribution in [2.24, 2.45) is 0 Å². The Bertz CT molecular complexity index is 452. The zero-order valence-electron chi connectivity index (χ0n) is 8.03. The van der Waals surface area contributed by atoms with Gasteiger partial charge in [-0.05, 0) is 6.07 Å². The maximum Gasteiger partial charge on any atom is 0.100 e. The van der Waals surface area contributed by atoms with Crippen molar-refractivity contribution in [1.29, 1.82) is 5.26 Å². The van der Waals surface area contributed by atoms with Gasteiger partial charge in [-0.1, -0.05) is 0 Å². The molecule has 5 heteroatoms. The molecule has 0 radical (unpaired) electrons. The minimum absolute atomic E-state index is 0.735. The quantitative estimate of drug-likeness (QED) is 0.819. The van der Waals surface area contributed by atoms with Crippen molar-refractivity contribution in [2.75, 3.05) is 0 Å². The van der Waals surface area contributed by atoms with Gasteiger partial charge >= 0.3 is 0 Å². The van der Waals surface area contributed by atoms with Crippen molar-refractivity contribution in [3.05, 3.63) is 40.1 Å². The van der Waals surface area contributed by atoms with Crippen LogP contribution in [0.25, 0.3) is 0 Å². The lowest BCUT2D eigenvalue weighted by Gasteiger charge is -1.99. The lowest BCUT2D eigenvalue weighted by molar-refractivity contribution is 0.689. The first-order chi connectivity index (χ1) is 7.38. The van der Waals surface area contributed by atoms with Gasteiger partial charge in [0.05, 0.1) is 11.9 Å². The molecule has 2 N–H and O–H groups in total. The lowest BCUT2D eigenvalue weighted by atomic mass is 10.3. The number of H-pyrrole nitrogens is 1. The third-order valence-electron chi connectivity index (χ3n) is 1.95. The maximum absolute atomic E-state index is 8.65. The van der Waals surface area contributed by atoms with E-state index < -0.39 is 0 Å². The van der Waals surface area contributed by atoms with Gasteiger partial charge in [-0.25, -0.2) is 4.98 Å². The van der Waals surface area contributed by atoms with E-state index in [-0.39, 0.29) is 0 Å². The summed E-state index contributed by atoms with van der Waals surface area (Å²) in [6.45, 7) is 1.55. The van der Waals surface area contributed by atoms with Gasteiger partial charge in [0.15, 0.2) is 0 Å². The van der Waals surface area contributed by atoms with E-state index in [1.54, 1.807) is 23.9 Å². The van der Waals surface area contributed by atoms with E-state index in [2.05, 4.69) is 21.4 Å². The summed E-state index contributed by atoms with van der Waals surface area (Å²) in [5, 5.41) is 13.8. The van der Waals surface area contributed by atoms with Gasteiger partial charge in [0.1, 0.15) is 6.07 Å². The minimum atomic E-state index is 0.735. The van der Waals surface area contributed by atoms with Crippen LogP contribution in [0.15, 0.2) is 24.0 Å². The summed E-state index contributed by atoms with van der Waals surface area (Å²) in [6, 6.07) is 4.03. The number of hydrogen-bond donors (Lipinski definition) is 2. The molecule has 76 valence electrons. The van der Waals surface area contributed by atoms with E-state index in [9.17, 15) is 0 Å². The van der Waals surface area contributed by atoms with Crippen LogP contribution in [0.2, 0.25) is 0 Å². The number of hydrogen-bond acceptors (Lipinski definition) is 4. The molecular formula is C10H10N4S. The first-order valence-corrected chi connectivity index (χ1v) is 5.42. The number of imidazole rings is 1. The first-order valence-electron chi connectivity index (χ1n) is 4.54. The number of nitrogens with zero attached hydrogens (tertiary/aromatic N) is 2. The predicted octanol–water partition coefficient (Wildman–Crippen LogP) is 1.63. The summed E-state index contributed by atoms with van der Waals surface area (Å²) in [7, 11) is 0. The minimum Gasteiger partial charge on any atom is -0.347 e. The molecule has 0 aromatic carbocycles. The van der Waals surface area contributed by atoms with Crippen molar-refractivity contribution >= 4 is 11.3 Å². The molecule has 0 aliphatic carbocycles. The zero-order valence-corrected chi connectivity index (χ0v) is 8.84. The molecule has 0 unspecified atom stereocenters. The van der Waals surface area contributed by atoms with Crippen molar-refractivity contribution in [3.63, 3.8) is 0 Å². The van der Waals surface area contributed by atoms with E-state index in [1.807, 2.05) is 11.4 Å². The van der Waals surface area contributed by atoms with Crippen LogP contribution >= 0.6 is 11.3 Å². The van der Waals surface area contributed by atoms with Crippen molar-refractivity contribution < 1.29 is 0 Å². The maximum atomic E-state index is 8.65. The standard InChI is InChI=1S/C10H10N4S/c11-2-8-1-10(15-6-8)5-12-3-9-4-13-7-14-9/h1,4,6-7,12H,3,5H2,(H,13,14).